The Hall–Kier alpha value is -1.89. The average Bonchev–Trinajstić information content (AvgIpc) is 3.18. The number of benzene rings is 1. The fourth-order valence-electron chi connectivity index (χ4n) is 2.38. The highest BCUT2D eigenvalue weighted by molar-refractivity contribution is 5.61. The van der Waals surface area contributed by atoms with Gasteiger partial charge in [0.25, 0.3) is 0 Å². The third kappa shape index (κ3) is 2.60. The van der Waals surface area contributed by atoms with Gasteiger partial charge in [-0.1, -0.05) is 0 Å². The Morgan fingerprint density at radius 3 is 2.32 bits per heavy atom. The molecule has 0 aromatic heterocycles. The van der Waals surface area contributed by atoms with Crippen LogP contribution in [0.2, 0.25) is 0 Å². The smallest absolute Gasteiger partial charge is 0.162 e. The molecule has 0 atom stereocenters. The van der Waals surface area contributed by atoms with Crippen LogP contribution in [0.5, 0.6) is 11.5 Å². The molecule has 1 saturated carbocycles. The van der Waals surface area contributed by atoms with E-state index in [4.69, 9.17) is 9.47 Å². The lowest BCUT2D eigenvalue weighted by atomic mass is 10.1. The van der Waals surface area contributed by atoms with Gasteiger partial charge >= 0.3 is 0 Å². The van der Waals surface area contributed by atoms with E-state index in [1.54, 1.807) is 14.2 Å². The fourth-order valence-corrected chi connectivity index (χ4v) is 2.38. The van der Waals surface area contributed by atoms with E-state index in [9.17, 15) is 5.26 Å². The monoisotopic (exact) mass is 260 g/mol. The molecule has 102 valence electrons. The quantitative estimate of drug-likeness (QED) is 0.816. The van der Waals surface area contributed by atoms with Crippen molar-refractivity contribution in [3.05, 3.63) is 17.7 Å². The molecule has 4 heteroatoms. The second kappa shape index (κ2) is 5.00. The van der Waals surface area contributed by atoms with Crippen LogP contribution < -0.4 is 14.4 Å². The van der Waals surface area contributed by atoms with Crippen molar-refractivity contribution < 1.29 is 9.47 Å². The summed E-state index contributed by atoms with van der Waals surface area (Å²) in [6, 6.07) is 6.37. The van der Waals surface area contributed by atoms with E-state index in [0.29, 0.717) is 0 Å². The maximum Gasteiger partial charge on any atom is 0.162 e. The molecule has 1 fully saturated rings. The highest BCUT2D eigenvalue weighted by Crippen LogP contribution is 2.46. The minimum absolute atomic E-state index is 0.144. The van der Waals surface area contributed by atoms with Gasteiger partial charge in [0.05, 0.1) is 25.7 Å². The second-order valence-electron chi connectivity index (χ2n) is 5.24. The minimum Gasteiger partial charge on any atom is -0.493 e. The predicted octanol–water partition coefficient (Wildman–Crippen LogP) is 2.75. The minimum atomic E-state index is -0.144. The molecule has 2 rings (SSSR count). The third-order valence-electron chi connectivity index (χ3n) is 3.74. The summed E-state index contributed by atoms with van der Waals surface area (Å²) < 4.78 is 10.6. The number of nitriles is 1. The summed E-state index contributed by atoms with van der Waals surface area (Å²) in [6.07, 6.45) is 2.00. The summed E-state index contributed by atoms with van der Waals surface area (Å²) in [7, 11) is 5.29. The number of anilines is 1. The second-order valence-corrected chi connectivity index (χ2v) is 5.24. The predicted molar refractivity (Wildman–Crippen MR) is 74.8 cm³/mol. The number of rotatable bonds is 5. The third-order valence-corrected chi connectivity index (χ3v) is 3.74. The van der Waals surface area contributed by atoms with Crippen LogP contribution in [0.15, 0.2) is 12.1 Å². The van der Waals surface area contributed by atoms with Crippen molar-refractivity contribution in [1.82, 2.24) is 0 Å². The molecule has 0 amide bonds. The first-order chi connectivity index (χ1) is 9.05. The van der Waals surface area contributed by atoms with Crippen molar-refractivity contribution in [2.45, 2.75) is 19.8 Å². The molecule has 0 bridgehead atoms. The first-order valence-corrected chi connectivity index (χ1v) is 6.40. The first-order valence-electron chi connectivity index (χ1n) is 6.40. The zero-order chi connectivity index (χ0) is 14.0. The van der Waals surface area contributed by atoms with Crippen LogP contribution in [0.3, 0.4) is 0 Å². The van der Waals surface area contributed by atoms with Gasteiger partial charge in [-0.15, -0.1) is 0 Å². The largest absolute Gasteiger partial charge is 0.493 e. The molecular formula is C15H20N2O2. The molecular weight excluding hydrogens is 240 g/mol. The van der Waals surface area contributed by atoms with Crippen LogP contribution in [-0.4, -0.2) is 27.8 Å². The normalized spacial score (nSPS) is 15.5. The molecule has 0 spiro atoms. The van der Waals surface area contributed by atoms with Crippen LogP contribution in [0.4, 0.5) is 5.69 Å². The molecule has 0 heterocycles. The van der Waals surface area contributed by atoms with Gasteiger partial charge < -0.3 is 14.4 Å². The summed E-state index contributed by atoms with van der Waals surface area (Å²) >= 11 is 0. The fraction of sp³-hybridized carbons (Fsp3) is 0.533. The van der Waals surface area contributed by atoms with Crippen molar-refractivity contribution in [3.63, 3.8) is 0 Å². The molecule has 0 radical (unpaired) electrons. The van der Waals surface area contributed by atoms with Crippen LogP contribution in [0.25, 0.3) is 0 Å². The zero-order valence-corrected chi connectivity index (χ0v) is 12.0. The van der Waals surface area contributed by atoms with Gasteiger partial charge in [0, 0.05) is 25.3 Å². The van der Waals surface area contributed by atoms with E-state index in [2.05, 4.69) is 11.0 Å². The lowest BCUT2D eigenvalue weighted by Gasteiger charge is -2.25. The topological polar surface area (TPSA) is 45.5 Å². The number of methoxy groups -OCH3 is 2. The number of hydrogen-bond donors (Lipinski definition) is 0. The molecule has 0 saturated heterocycles. The summed E-state index contributed by atoms with van der Waals surface area (Å²) in [5.41, 5.74) is 2.06. The van der Waals surface area contributed by atoms with Crippen LogP contribution in [0, 0.1) is 23.7 Å². The molecule has 0 unspecified atom stereocenters. The van der Waals surface area contributed by atoms with Crippen molar-refractivity contribution in [3.8, 4) is 17.6 Å². The highest BCUT2D eigenvalue weighted by Gasteiger charge is 2.44. The molecule has 19 heavy (non-hydrogen) atoms. The van der Waals surface area contributed by atoms with E-state index in [1.807, 2.05) is 26.1 Å². The van der Waals surface area contributed by atoms with E-state index in [1.165, 1.54) is 0 Å². The maximum absolute atomic E-state index is 9.18. The molecule has 1 aromatic carbocycles. The SMILES string of the molecule is COc1cc(C)c(N(C)CC2(C#N)CC2)cc1OC. The molecule has 1 aliphatic rings. The summed E-state index contributed by atoms with van der Waals surface area (Å²) in [5.74, 6) is 1.45. The Labute approximate surface area is 114 Å². The Balaban J connectivity index is 2.26. The van der Waals surface area contributed by atoms with Gasteiger partial charge in [-0.25, -0.2) is 0 Å². The first kappa shape index (κ1) is 13.5. The van der Waals surface area contributed by atoms with Gasteiger partial charge in [-0.05, 0) is 31.4 Å². The number of ether oxygens (including phenoxy) is 2. The Morgan fingerprint density at radius 2 is 1.84 bits per heavy atom. The number of hydrogen-bond acceptors (Lipinski definition) is 4. The number of nitrogens with zero attached hydrogens (tertiary/aromatic N) is 2. The average molecular weight is 260 g/mol. The zero-order valence-electron chi connectivity index (χ0n) is 12.0. The van der Waals surface area contributed by atoms with Crippen LogP contribution in [-0.2, 0) is 0 Å². The lowest BCUT2D eigenvalue weighted by Crippen LogP contribution is -2.26. The van der Waals surface area contributed by atoms with Gasteiger partial charge in [0.15, 0.2) is 11.5 Å². The van der Waals surface area contributed by atoms with Crippen LogP contribution >= 0.6 is 0 Å². The van der Waals surface area contributed by atoms with E-state index < -0.39 is 0 Å². The van der Waals surface area contributed by atoms with E-state index >= 15 is 0 Å². The lowest BCUT2D eigenvalue weighted by molar-refractivity contribution is 0.354. The van der Waals surface area contributed by atoms with Gasteiger partial charge in [-0.2, -0.15) is 5.26 Å². The van der Waals surface area contributed by atoms with Crippen molar-refractivity contribution >= 4 is 5.69 Å². The molecule has 1 aromatic rings. The molecule has 0 aliphatic heterocycles. The Bertz CT molecular complexity index is 516. The Kier molecular flexibility index (Phi) is 3.57. The maximum atomic E-state index is 9.18. The van der Waals surface area contributed by atoms with Crippen LogP contribution in [0.1, 0.15) is 18.4 Å². The molecule has 4 nitrogen and oxygen atoms in total. The molecule has 0 N–H and O–H groups in total. The van der Waals surface area contributed by atoms with Gasteiger partial charge in [-0.3, -0.25) is 0 Å². The van der Waals surface area contributed by atoms with Crippen molar-refractivity contribution in [1.29, 1.82) is 5.26 Å². The highest BCUT2D eigenvalue weighted by atomic mass is 16.5. The summed E-state index contributed by atoms with van der Waals surface area (Å²) in [4.78, 5) is 2.13. The Morgan fingerprint density at radius 1 is 1.26 bits per heavy atom. The summed E-state index contributed by atoms with van der Waals surface area (Å²) in [5, 5.41) is 9.18. The van der Waals surface area contributed by atoms with E-state index in [0.717, 1.165) is 42.1 Å². The van der Waals surface area contributed by atoms with Crippen molar-refractivity contribution in [2.75, 3.05) is 32.7 Å². The van der Waals surface area contributed by atoms with Gasteiger partial charge in [0.1, 0.15) is 0 Å². The summed E-state index contributed by atoms with van der Waals surface area (Å²) in [6.45, 7) is 2.81. The van der Waals surface area contributed by atoms with Gasteiger partial charge in [0.2, 0.25) is 0 Å². The standard InChI is InChI=1S/C15H20N2O2/c1-11-7-13(18-3)14(19-4)8-12(11)17(2)10-15(9-16)5-6-15/h7-8H,5-6,10H2,1-4H3. The van der Waals surface area contributed by atoms with Crippen molar-refractivity contribution in [2.24, 2.45) is 5.41 Å². The number of aryl methyl sites for hydroxylation is 1. The van der Waals surface area contributed by atoms with E-state index in [-0.39, 0.29) is 5.41 Å². The molecule has 1 aliphatic carbocycles.